The van der Waals surface area contributed by atoms with E-state index in [9.17, 15) is 0 Å². The van der Waals surface area contributed by atoms with Gasteiger partial charge in [-0.3, -0.25) is 4.68 Å². The monoisotopic (exact) mass is 207 g/mol. The van der Waals surface area contributed by atoms with E-state index in [1.807, 2.05) is 17.9 Å². The first-order valence-electron chi connectivity index (χ1n) is 5.92. The molecular formula is C12H21N3. The molecular weight excluding hydrogens is 186 g/mol. The quantitative estimate of drug-likeness (QED) is 0.820. The summed E-state index contributed by atoms with van der Waals surface area (Å²) >= 11 is 0. The summed E-state index contributed by atoms with van der Waals surface area (Å²) in [4.78, 5) is 0. The molecule has 2 rings (SSSR count). The van der Waals surface area contributed by atoms with Gasteiger partial charge in [0.25, 0.3) is 0 Å². The SMILES string of the molecule is CCC1(CC)CNC[C@H]1c1ccnn1C. The van der Waals surface area contributed by atoms with E-state index in [1.54, 1.807) is 0 Å². The fourth-order valence-corrected chi connectivity index (χ4v) is 2.94. The average molecular weight is 207 g/mol. The Kier molecular flexibility index (Phi) is 2.83. The van der Waals surface area contributed by atoms with E-state index >= 15 is 0 Å². The molecule has 84 valence electrons. The van der Waals surface area contributed by atoms with E-state index in [0.717, 1.165) is 13.1 Å². The highest BCUT2D eigenvalue weighted by Crippen LogP contribution is 2.44. The maximum Gasteiger partial charge on any atom is 0.0492 e. The highest BCUT2D eigenvalue weighted by Gasteiger charge is 2.41. The van der Waals surface area contributed by atoms with Crippen LogP contribution in [0.15, 0.2) is 12.3 Å². The van der Waals surface area contributed by atoms with Gasteiger partial charge in [0.1, 0.15) is 0 Å². The van der Waals surface area contributed by atoms with Gasteiger partial charge in [0, 0.05) is 37.9 Å². The van der Waals surface area contributed by atoms with Crippen LogP contribution in [0.2, 0.25) is 0 Å². The molecule has 1 atom stereocenters. The summed E-state index contributed by atoms with van der Waals surface area (Å²) < 4.78 is 2.03. The average Bonchev–Trinajstić information content (AvgIpc) is 2.83. The molecule has 1 aliphatic rings. The minimum absolute atomic E-state index is 0.438. The minimum Gasteiger partial charge on any atom is -0.315 e. The number of nitrogens with one attached hydrogen (secondary N) is 1. The van der Waals surface area contributed by atoms with Gasteiger partial charge in [-0.25, -0.2) is 0 Å². The zero-order valence-corrected chi connectivity index (χ0v) is 9.95. The lowest BCUT2D eigenvalue weighted by molar-refractivity contribution is 0.253. The van der Waals surface area contributed by atoms with Crippen molar-refractivity contribution in [2.24, 2.45) is 12.5 Å². The third-order valence-corrected chi connectivity index (χ3v) is 4.19. The first-order valence-corrected chi connectivity index (χ1v) is 5.92. The van der Waals surface area contributed by atoms with Gasteiger partial charge in [0.2, 0.25) is 0 Å². The molecule has 3 heteroatoms. The van der Waals surface area contributed by atoms with Crippen LogP contribution >= 0.6 is 0 Å². The molecule has 1 aromatic rings. The molecule has 2 heterocycles. The number of hydrogen-bond acceptors (Lipinski definition) is 2. The molecule has 1 saturated heterocycles. The maximum atomic E-state index is 4.28. The normalized spacial score (nSPS) is 24.6. The summed E-state index contributed by atoms with van der Waals surface area (Å²) in [5, 5.41) is 7.82. The number of aromatic nitrogens is 2. The lowest BCUT2D eigenvalue weighted by atomic mass is 9.72. The highest BCUT2D eigenvalue weighted by atomic mass is 15.3. The van der Waals surface area contributed by atoms with Crippen molar-refractivity contribution in [1.82, 2.24) is 15.1 Å². The molecule has 1 aliphatic heterocycles. The van der Waals surface area contributed by atoms with Crippen LogP contribution < -0.4 is 5.32 Å². The molecule has 1 fully saturated rings. The molecule has 0 radical (unpaired) electrons. The van der Waals surface area contributed by atoms with Crippen LogP contribution in [0.4, 0.5) is 0 Å². The zero-order valence-electron chi connectivity index (χ0n) is 9.95. The number of aryl methyl sites for hydroxylation is 1. The molecule has 1 N–H and O–H groups in total. The van der Waals surface area contributed by atoms with E-state index in [4.69, 9.17) is 0 Å². The van der Waals surface area contributed by atoms with Crippen LogP contribution in [0.3, 0.4) is 0 Å². The second-order valence-electron chi connectivity index (χ2n) is 4.63. The second kappa shape index (κ2) is 3.97. The number of hydrogen-bond donors (Lipinski definition) is 1. The van der Waals surface area contributed by atoms with Crippen LogP contribution in [-0.4, -0.2) is 22.9 Å². The molecule has 0 saturated carbocycles. The summed E-state index contributed by atoms with van der Waals surface area (Å²) in [5.74, 6) is 0.625. The Bertz CT molecular complexity index is 325. The van der Waals surface area contributed by atoms with Gasteiger partial charge in [-0.2, -0.15) is 5.10 Å². The first-order chi connectivity index (χ1) is 7.23. The Morgan fingerprint density at radius 2 is 2.27 bits per heavy atom. The fourth-order valence-electron chi connectivity index (χ4n) is 2.94. The van der Waals surface area contributed by atoms with Gasteiger partial charge >= 0.3 is 0 Å². The second-order valence-corrected chi connectivity index (χ2v) is 4.63. The fraction of sp³-hybridized carbons (Fsp3) is 0.750. The van der Waals surface area contributed by atoms with Crippen molar-refractivity contribution >= 4 is 0 Å². The molecule has 0 spiro atoms. The molecule has 1 aromatic heterocycles. The summed E-state index contributed by atoms with van der Waals surface area (Å²) in [6.45, 7) is 6.86. The van der Waals surface area contributed by atoms with Crippen LogP contribution in [0.25, 0.3) is 0 Å². The van der Waals surface area contributed by atoms with Crippen molar-refractivity contribution in [2.75, 3.05) is 13.1 Å². The smallest absolute Gasteiger partial charge is 0.0492 e. The molecule has 15 heavy (non-hydrogen) atoms. The molecule has 0 aliphatic carbocycles. The Morgan fingerprint density at radius 3 is 2.80 bits per heavy atom. The van der Waals surface area contributed by atoms with Crippen LogP contribution in [-0.2, 0) is 7.05 Å². The van der Waals surface area contributed by atoms with Crippen molar-refractivity contribution in [3.8, 4) is 0 Å². The summed E-state index contributed by atoms with van der Waals surface area (Å²) in [7, 11) is 2.05. The van der Waals surface area contributed by atoms with Crippen molar-refractivity contribution in [3.05, 3.63) is 18.0 Å². The topological polar surface area (TPSA) is 29.9 Å². The predicted octanol–water partition coefficient (Wildman–Crippen LogP) is 1.91. The predicted molar refractivity (Wildman–Crippen MR) is 61.8 cm³/mol. The third-order valence-electron chi connectivity index (χ3n) is 4.19. The van der Waals surface area contributed by atoms with Gasteiger partial charge in [0.05, 0.1) is 0 Å². The molecule has 0 aromatic carbocycles. The Labute approximate surface area is 91.9 Å². The lowest BCUT2D eigenvalue weighted by Gasteiger charge is -2.32. The minimum atomic E-state index is 0.438. The van der Waals surface area contributed by atoms with Gasteiger partial charge in [-0.1, -0.05) is 13.8 Å². The Hall–Kier alpha value is -0.830. The molecule has 0 amide bonds. The standard InChI is InChI=1S/C12H21N3/c1-4-12(5-2)9-13-8-10(12)11-6-7-14-15(11)3/h6-7,10,13H,4-5,8-9H2,1-3H3/t10-/m0/s1. The zero-order chi connectivity index (χ0) is 10.9. The maximum absolute atomic E-state index is 4.28. The first kappa shape index (κ1) is 10.7. The van der Waals surface area contributed by atoms with E-state index < -0.39 is 0 Å². The van der Waals surface area contributed by atoms with Gasteiger partial charge in [-0.05, 0) is 24.3 Å². The van der Waals surface area contributed by atoms with Gasteiger partial charge < -0.3 is 5.32 Å². The van der Waals surface area contributed by atoms with E-state index in [2.05, 4.69) is 30.3 Å². The van der Waals surface area contributed by atoms with Crippen molar-refractivity contribution in [3.63, 3.8) is 0 Å². The van der Waals surface area contributed by atoms with Crippen molar-refractivity contribution in [1.29, 1.82) is 0 Å². The van der Waals surface area contributed by atoms with Crippen LogP contribution in [0.5, 0.6) is 0 Å². The highest BCUT2D eigenvalue weighted by molar-refractivity contribution is 5.16. The Morgan fingerprint density at radius 1 is 1.53 bits per heavy atom. The van der Waals surface area contributed by atoms with E-state index in [-0.39, 0.29) is 0 Å². The van der Waals surface area contributed by atoms with Crippen LogP contribution in [0.1, 0.15) is 38.3 Å². The third kappa shape index (κ3) is 1.59. The van der Waals surface area contributed by atoms with E-state index in [0.29, 0.717) is 11.3 Å². The molecule has 0 bridgehead atoms. The van der Waals surface area contributed by atoms with E-state index in [1.165, 1.54) is 18.5 Å². The lowest BCUT2D eigenvalue weighted by Crippen LogP contribution is -2.28. The Balaban J connectivity index is 2.32. The van der Waals surface area contributed by atoms with Crippen molar-refractivity contribution < 1.29 is 0 Å². The number of rotatable bonds is 3. The summed E-state index contributed by atoms with van der Waals surface area (Å²) in [6, 6.07) is 2.16. The van der Waals surface area contributed by atoms with Crippen molar-refractivity contribution in [2.45, 2.75) is 32.6 Å². The van der Waals surface area contributed by atoms with Gasteiger partial charge in [0.15, 0.2) is 0 Å². The summed E-state index contributed by atoms with van der Waals surface area (Å²) in [5.41, 5.74) is 1.82. The number of nitrogens with zero attached hydrogens (tertiary/aromatic N) is 2. The summed E-state index contributed by atoms with van der Waals surface area (Å²) in [6.07, 6.45) is 4.39. The van der Waals surface area contributed by atoms with Gasteiger partial charge in [-0.15, -0.1) is 0 Å². The molecule has 0 unspecified atom stereocenters. The largest absolute Gasteiger partial charge is 0.315 e. The molecule has 3 nitrogen and oxygen atoms in total. The van der Waals surface area contributed by atoms with Crippen LogP contribution in [0, 0.1) is 5.41 Å².